The normalized spacial score (nSPS) is 14.6. The summed E-state index contributed by atoms with van der Waals surface area (Å²) >= 11 is 0. The van der Waals surface area contributed by atoms with E-state index in [4.69, 9.17) is 4.74 Å². The predicted molar refractivity (Wildman–Crippen MR) is 106 cm³/mol. The highest BCUT2D eigenvalue weighted by Crippen LogP contribution is 2.23. The van der Waals surface area contributed by atoms with E-state index in [0.717, 1.165) is 10.5 Å². The number of hydrogen-bond donors (Lipinski definition) is 1. The molecule has 3 amide bonds. The second kappa shape index (κ2) is 9.14. The Morgan fingerprint density at radius 3 is 2.24 bits per heavy atom. The monoisotopic (exact) mass is 394 g/mol. The molecule has 2 aromatic rings. The number of rotatable bonds is 7. The second-order valence-electron chi connectivity index (χ2n) is 6.86. The molecule has 150 valence electrons. The molecule has 3 rings (SSSR count). The zero-order chi connectivity index (χ0) is 20.8. The molecule has 1 aliphatic rings. The van der Waals surface area contributed by atoms with Gasteiger partial charge in [-0.3, -0.25) is 19.3 Å². The Hall–Kier alpha value is -3.48. The Labute approximate surface area is 168 Å². The van der Waals surface area contributed by atoms with Gasteiger partial charge in [-0.25, -0.2) is 4.79 Å². The predicted octanol–water partition coefficient (Wildman–Crippen LogP) is 2.42. The van der Waals surface area contributed by atoms with Gasteiger partial charge >= 0.3 is 5.97 Å². The highest BCUT2D eigenvalue weighted by Gasteiger charge is 2.30. The molecule has 0 bridgehead atoms. The first kappa shape index (κ1) is 20.3. The number of ether oxygens (including phenoxy) is 1. The highest BCUT2D eigenvalue weighted by molar-refractivity contribution is 6.19. The van der Waals surface area contributed by atoms with E-state index >= 15 is 0 Å². The Balaban J connectivity index is 1.47. The number of amides is 3. The van der Waals surface area contributed by atoms with Crippen LogP contribution in [0.5, 0.6) is 0 Å². The molecule has 7 nitrogen and oxygen atoms in total. The molecule has 0 aromatic heterocycles. The van der Waals surface area contributed by atoms with Crippen LogP contribution in [-0.4, -0.2) is 36.8 Å². The van der Waals surface area contributed by atoms with Crippen LogP contribution in [0, 0.1) is 0 Å². The molecule has 0 unspecified atom stereocenters. The fraction of sp³-hybridized carbons (Fsp3) is 0.273. The number of benzene rings is 2. The number of carbonyl (C=O) groups excluding carboxylic acids is 4. The van der Waals surface area contributed by atoms with E-state index < -0.39 is 5.97 Å². The topological polar surface area (TPSA) is 92.8 Å². The number of esters is 1. The summed E-state index contributed by atoms with van der Waals surface area (Å²) in [4.78, 5) is 48.7. The number of hydrogen-bond acceptors (Lipinski definition) is 5. The van der Waals surface area contributed by atoms with Gasteiger partial charge in [-0.15, -0.1) is 0 Å². The Morgan fingerprint density at radius 2 is 1.62 bits per heavy atom. The summed E-state index contributed by atoms with van der Waals surface area (Å²) in [6.45, 7) is 2.05. The molecule has 29 heavy (non-hydrogen) atoms. The SMILES string of the molecule is C[C@@H](CNC(=O)COC(=O)c1ccc(N2C(=O)CCC2=O)cc1)c1ccccc1. The lowest BCUT2D eigenvalue weighted by Gasteiger charge is -2.14. The smallest absolute Gasteiger partial charge is 0.338 e. The quantitative estimate of drug-likeness (QED) is 0.575. The molecule has 0 aliphatic carbocycles. The lowest BCUT2D eigenvalue weighted by molar-refractivity contribution is -0.124. The summed E-state index contributed by atoms with van der Waals surface area (Å²) in [5.74, 6) is -1.41. The Kier molecular flexibility index (Phi) is 6.39. The summed E-state index contributed by atoms with van der Waals surface area (Å²) in [6.07, 6.45) is 0.390. The van der Waals surface area contributed by atoms with E-state index in [-0.39, 0.29) is 48.7 Å². The molecule has 1 aliphatic heterocycles. The van der Waals surface area contributed by atoms with Gasteiger partial charge in [-0.1, -0.05) is 37.3 Å². The van der Waals surface area contributed by atoms with Crippen LogP contribution in [0.25, 0.3) is 0 Å². The van der Waals surface area contributed by atoms with E-state index in [0.29, 0.717) is 12.2 Å². The first-order valence-electron chi connectivity index (χ1n) is 9.40. The van der Waals surface area contributed by atoms with E-state index in [1.54, 1.807) is 0 Å². The van der Waals surface area contributed by atoms with Crippen LogP contribution in [0.2, 0.25) is 0 Å². The third-order valence-electron chi connectivity index (χ3n) is 4.72. The summed E-state index contributed by atoms with van der Waals surface area (Å²) in [5, 5.41) is 2.75. The van der Waals surface area contributed by atoms with E-state index in [1.165, 1.54) is 24.3 Å². The highest BCUT2D eigenvalue weighted by atomic mass is 16.5. The number of imide groups is 1. The van der Waals surface area contributed by atoms with Crippen molar-refractivity contribution in [2.45, 2.75) is 25.7 Å². The number of anilines is 1. The summed E-state index contributed by atoms with van der Waals surface area (Å²) in [7, 11) is 0. The van der Waals surface area contributed by atoms with Crippen molar-refractivity contribution in [3.63, 3.8) is 0 Å². The van der Waals surface area contributed by atoms with Gasteiger partial charge in [0.25, 0.3) is 5.91 Å². The average molecular weight is 394 g/mol. The molecule has 1 heterocycles. The van der Waals surface area contributed by atoms with Gasteiger partial charge in [-0.05, 0) is 35.7 Å². The molecule has 0 spiro atoms. The van der Waals surface area contributed by atoms with Gasteiger partial charge in [-0.2, -0.15) is 0 Å². The standard InChI is InChI=1S/C22H22N2O5/c1-15(16-5-3-2-4-6-16)13-23-19(25)14-29-22(28)17-7-9-18(10-8-17)24-20(26)11-12-21(24)27/h2-10,15H,11-14H2,1H3,(H,23,25)/t15-/m0/s1. The van der Waals surface area contributed by atoms with Crippen molar-refractivity contribution in [1.82, 2.24) is 5.32 Å². The van der Waals surface area contributed by atoms with Gasteiger partial charge in [0, 0.05) is 19.4 Å². The van der Waals surface area contributed by atoms with E-state index in [9.17, 15) is 19.2 Å². The fourth-order valence-corrected chi connectivity index (χ4v) is 3.04. The lowest BCUT2D eigenvalue weighted by atomic mass is 10.0. The zero-order valence-electron chi connectivity index (χ0n) is 16.1. The number of carbonyl (C=O) groups is 4. The Bertz CT molecular complexity index is 893. The molecule has 0 radical (unpaired) electrons. The average Bonchev–Trinajstić information content (AvgIpc) is 3.09. The summed E-state index contributed by atoms with van der Waals surface area (Å²) in [6, 6.07) is 15.7. The maximum atomic E-state index is 12.1. The fourth-order valence-electron chi connectivity index (χ4n) is 3.04. The van der Waals surface area contributed by atoms with E-state index in [1.807, 2.05) is 37.3 Å². The number of nitrogens with zero attached hydrogens (tertiary/aromatic N) is 1. The first-order chi connectivity index (χ1) is 14.0. The molecule has 2 aromatic carbocycles. The van der Waals surface area contributed by atoms with Crippen molar-refractivity contribution in [2.75, 3.05) is 18.1 Å². The largest absolute Gasteiger partial charge is 0.452 e. The molecule has 1 atom stereocenters. The molecule has 7 heteroatoms. The van der Waals surface area contributed by atoms with Crippen molar-refractivity contribution in [2.24, 2.45) is 0 Å². The van der Waals surface area contributed by atoms with Crippen LogP contribution in [0.15, 0.2) is 54.6 Å². The van der Waals surface area contributed by atoms with Crippen LogP contribution in [0.3, 0.4) is 0 Å². The molecule has 0 saturated carbocycles. The third-order valence-corrected chi connectivity index (χ3v) is 4.72. The summed E-state index contributed by atoms with van der Waals surface area (Å²) in [5.41, 5.74) is 1.76. The molecular formula is C22H22N2O5. The van der Waals surface area contributed by atoms with E-state index in [2.05, 4.69) is 5.32 Å². The minimum atomic E-state index is -0.651. The molecule has 1 saturated heterocycles. The van der Waals surface area contributed by atoms with Crippen LogP contribution in [0.1, 0.15) is 41.6 Å². The van der Waals surface area contributed by atoms with Crippen molar-refractivity contribution in [3.8, 4) is 0 Å². The number of nitrogens with one attached hydrogen (secondary N) is 1. The van der Waals surface area contributed by atoms with Crippen molar-refractivity contribution in [3.05, 3.63) is 65.7 Å². The maximum Gasteiger partial charge on any atom is 0.338 e. The van der Waals surface area contributed by atoms with Crippen molar-refractivity contribution >= 4 is 29.4 Å². The molecule has 1 N–H and O–H groups in total. The second-order valence-corrected chi connectivity index (χ2v) is 6.86. The van der Waals surface area contributed by atoms with Gasteiger partial charge in [0.2, 0.25) is 11.8 Å². The van der Waals surface area contributed by atoms with Crippen LogP contribution >= 0.6 is 0 Å². The van der Waals surface area contributed by atoms with Gasteiger partial charge in [0.05, 0.1) is 11.3 Å². The van der Waals surface area contributed by atoms with Crippen LogP contribution in [-0.2, 0) is 19.1 Å². The lowest BCUT2D eigenvalue weighted by Crippen LogP contribution is -2.31. The van der Waals surface area contributed by atoms with Crippen molar-refractivity contribution < 1.29 is 23.9 Å². The van der Waals surface area contributed by atoms with Gasteiger partial charge in [0.1, 0.15) is 0 Å². The Morgan fingerprint density at radius 1 is 1.00 bits per heavy atom. The zero-order valence-corrected chi connectivity index (χ0v) is 16.1. The molecular weight excluding hydrogens is 372 g/mol. The maximum absolute atomic E-state index is 12.1. The minimum Gasteiger partial charge on any atom is -0.452 e. The minimum absolute atomic E-state index is 0.138. The van der Waals surface area contributed by atoms with Gasteiger partial charge < -0.3 is 10.1 Å². The third kappa shape index (κ3) is 5.07. The van der Waals surface area contributed by atoms with Crippen molar-refractivity contribution in [1.29, 1.82) is 0 Å². The molecule has 1 fully saturated rings. The summed E-state index contributed by atoms with van der Waals surface area (Å²) < 4.78 is 5.04. The van der Waals surface area contributed by atoms with Gasteiger partial charge in [0.15, 0.2) is 6.61 Å². The first-order valence-corrected chi connectivity index (χ1v) is 9.40. The van der Waals surface area contributed by atoms with Crippen LogP contribution < -0.4 is 10.2 Å². The van der Waals surface area contributed by atoms with Crippen LogP contribution in [0.4, 0.5) is 5.69 Å².